The highest BCUT2D eigenvalue weighted by Gasteiger charge is 2.19. The summed E-state index contributed by atoms with van der Waals surface area (Å²) in [7, 11) is 0. The Morgan fingerprint density at radius 2 is 1.94 bits per heavy atom. The number of carbonyl (C=O) groups is 1. The summed E-state index contributed by atoms with van der Waals surface area (Å²) in [4.78, 5) is 12.5. The molecule has 0 radical (unpaired) electrons. The first-order valence-electron chi connectivity index (χ1n) is 11.0. The van der Waals surface area contributed by atoms with E-state index in [1.807, 2.05) is 41.1 Å². The van der Waals surface area contributed by atoms with Gasteiger partial charge in [0.05, 0.1) is 17.4 Å². The topological polar surface area (TPSA) is 77.6 Å². The van der Waals surface area contributed by atoms with E-state index in [1.165, 1.54) is 18.2 Å². The highest BCUT2D eigenvalue weighted by molar-refractivity contribution is 6.02. The molecule has 2 aromatic carbocycles. The van der Waals surface area contributed by atoms with E-state index in [2.05, 4.69) is 20.6 Å². The molecular formula is C25H23FN6O. The molecule has 1 aliphatic rings. The van der Waals surface area contributed by atoms with Gasteiger partial charge in [0.2, 0.25) is 5.91 Å². The first-order chi connectivity index (χ1) is 16.2. The first-order valence-corrected chi connectivity index (χ1v) is 11.0. The number of aromatic nitrogens is 5. The van der Waals surface area contributed by atoms with Gasteiger partial charge in [-0.15, -0.1) is 10.2 Å². The summed E-state index contributed by atoms with van der Waals surface area (Å²) in [5.74, 6) is 0.677. The van der Waals surface area contributed by atoms with Crippen molar-refractivity contribution < 1.29 is 9.18 Å². The molecule has 3 heterocycles. The second-order valence-electron chi connectivity index (χ2n) is 7.97. The fraction of sp³-hybridized carbons (Fsp3) is 0.200. The molecule has 0 fully saturated rings. The molecule has 1 N–H and O–H groups in total. The van der Waals surface area contributed by atoms with E-state index in [0.29, 0.717) is 17.1 Å². The number of amides is 1. The van der Waals surface area contributed by atoms with E-state index in [0.717, 1.165) is 49.3 Å². The van der Waals surface area contributed by atoms with Crippen LogP contribution in [0.4, 0.5) is 10.1 Å². The molecule has 2 aromatic heterocycles. The number of nitrogens with zero attached hydrogens (tertiary/aromatic N) is 5. The van der Waals surface area contributed by atoms with Gasteiger partial charge in [-0.2, -0.15) is 5.10 Å². The van der Waals surface area contributed by atoms with Crippen LogP contribution in [0.2, 0.25) is 0 Å². The summed E-state index contributed by atoms with van der Waals surface area (Å²) in [5.41, 5.74) is 2.56. The molecule has 7 nitrogen and oxygen atoms in total. The smallest absolute Gasteiger partial charge is 0.248 e. The molecule has 5 rings (SSSR count). The molecule has 0 spiro atoms. The van der Waals surface area contributed by atoms with E-state index >= 15 is 0 Å². The highest BCUT2D eigenvalue weighted by Crippen LogP contribution is 2.27. The van der Waals surface area contributed by atoms with Gasteiger partial charge >= 0.3 is 0 Å². The van der Waals surface area contributed by atoms with Crippen molar-refractivity contribution in [3.8, 4) is 17.1 Å². The Balaban J connectivity index is 1.31. The lowest BCUT2D eigenvalue weighted by Crippen LogP contribution is -2.09. The van der Waals surface area contributed by atoms with Crippen LogP contribution in [0.5, 0.6) is 0 Å². The molecule has 1 amide bonds. The number of rotatable bonds is 5. The molecule has 0 aliphatic carbocycles. The number of carbonyl (C=O) groups excluding carboxylic acids is 1. The Bertz CT molecular complexity index is 1310. The molecular weight excluding hydrogens is 419 g/mol. The van der Waals surface area contributed by atoms with Crippen LogP contribution in [0.3, 0.4) is 0 Å². The largest absolute Gasteiger partial charge is 0.322 e. The summed E-state index contributed by atoms with van der Waals surface area (Å²) in [5, 5.41) is 15.6. The zero-order valence-electron chi connectivity index (χ0n) is 18.0. The lowest BCUT2D eigenvalue weighted by atomic mass is 10.1. The van der Waals surface area contributed by atoms with Crippen LogP contribution < -0.4 is 5.32 Å². The summed E-state index contributed by atoms with van der Waals surface area (Å²) < 4.78 is 18.4. The summed E-state index contributed by atoms with van der Waals surface area (Å²) in [6.45, 7) is 0.771. The minimum Gasteiger partial charge on any atom is -0.322 e. The van der Waals surface area contributed by atoms with Crippen LogP contribution in [-0.4, -0.2) is 30.5 Å². The van der Waals surface area contributed by atoms with E-state index in [-0.39, 0.29) is 5.91 Å². The van der Waals surface area contributed by atoms with Crippen LogP contribution >= 0.6 is 0 Å². The predicted molar refractivity (Wildman–Crippen MR) is 124 cm³/mol. The molecule has 0 bridgehead atoms. The Morgan fingerprint density at radius 1 is 1.06 bits per heavy atom. The molecule has 0 unspecified atom stereocenters. The second-order valence-corrected chi connectivity index (χ2v) is 7.97. The van der Waals surface area contributed by atoms with Crippen molar-refractivity contribution in [2.45, 2.75) is 32.2 Å². The maximum absolute atomic E-state index is 14.6. The number of benzene rings is 2. The zero-order valence-corrected chi connectivity index (χ0v) is 18.0. The van der Waals surface area contributed by atoms with Gasteiger partial charge in [-0.05, 0) is 49.2 Å². The van der Waals surface area contributed by atoms with E-state index < -0.39 is 5.82 Å². The number of hydrogen-bond donors (Lipinski definition) is 1. The molecule has 166 valence electrons. The van der Waals surface area contributed by atoms with Gasteiger partial charge in [-0.25, -0.2) is 9.07 Å². The minimum absolute atomic E-state index is 0.319. The quantitative estimate of drug-likeness (QED) is 0.457. The monoisotopic (exact) mass is 442 g/mol. The number of nitrogens with one attached hydrogen (secondary N) is 1. The molecule has 8 heteroatoms. The van der Waals surface area contributed by atoms with E-state index in [4.69, 9.17) is 0 Å². The predicted octanol–water partition coefficient (Wildman–Crippen LogP) is 4.65. The van der Waals surface area contributed by atoms with Crippen LogP contribution in [0.25, 0.3) is 23.2 Å². The average Bonchev–Trinajstić information content (AvgIpc) is 3.41. The van der Waals surface area contributed by atoms with Crippen molar-refractivity contribution in [1.29, 1.82) is 0 Å². The molecule has 0 atom stereocenters. The third-order valence-corrected chi connectivity index (χ3v) is 5.63. The fourth-order valence-electron chi connectivity index (χ4n) is 3.96. The maximum atomic E-state index is 14.6. The lowest BCUT2D eigenvalue weighted by Gasteiger charge is -2.10. The lowest BCUT2D eigenvalue weighted by molar-refractivity contribution is -0.111. The van der Waals surface area contributed by atoms with E-state index in [1.54, 1.807) is 23.0 Å². The molecule has 4 aromatic rings. The summed E-state index contributed by atoms with van der Waals surface area (Å²) >= 11 is 0. The van der Waals surface area contributed by atoms with Crippen LogP contribution in [-0.2, 0) is 17.8 Å². The zero-order chi connectivity index (χ0) is 22.6. The maximum Gasteiger partial charge on any atom is 0.248 e. The van der Waals surface area contributed by atoms with Gasteiger partial charge in [0, 0.05) is 36.5 Å². The third-order valence-electron chi connectivity index (χ3n) is 5.63. The fourth-order valence-corrected chi connectivity index (χ4v) is 3.96. The Labute approximate surface area is 190 Å². The minimum atomic E-state index is -0.392. The number of aryl methyl sites for hydroxylation is 1. The number of anilines is 1. The first kappa shape index (κ1) is 20.8. The van der Waals surface area contributed by atoms with Gasteiger partial charge in [0.15, 0.2) is 5.82 Å². The van der Waals surface area contributed by atoms with Crippen molar-refractivity contribution in [2.24, 2.45) is 0 Å². The molecule has 33 heavy (non-hydrogen) atoms. The Hall–Kier alpha value is -4.07. The molecule has 0 saturated carbocycles. The van der Waals surface area contributed by atoms with Crippen molar-refractivity contribution in [3.05, 3.63) is 84.2 Å². The second kappa shape index (κ2) is 9.20. The van der Waals surface area contributed by atoms with E-state index in [9.17, 15) is 9.18 Å². The number of para-hydroxylation sites is 1. The number of halogens is 1. The number of hydrogen-bond acceptors (Lipinski definition) is 4. The van der Waals surface area contributed by atoms with Gasteiger partial charge in [0.25, 0.3) is 0 Å². The van der Waals surface area contributed by atoms with Gasteiger partial charge in [0.1, 0.15) is 11.6 Å². The Morgan fingerprint density at radius 3 is 2.82 bits per heavy atom. The average molecular weight is 442 g/mol. The highest BCUT2D eigenvalue weighted by atomic mass is 19.1. The van der Waals surface area contributed by atoms with Gasteiger partial charge in [-0.1, -0.05) is 24.6 Å². The van der Waals surface area contributed by atoms with Crippen molar-refractivity contribution in [1.82, 2.24) is 24.5 Å². The standard InChI is InChI=1S/C25H23FN6O/c26-22-12-11-19(15-21(22)25-30-29-23-9-5-2-6-14-31(23)25)28-24(33)13-10-18-16-27-32(17-18)20-7-3-1-4-8-20/h1,3-4,7-8,10-13,15-17H,2,5-6,9,14H2,(H,28,33)/b13-10+. The third kappa shape index (κ3) is 4.59. The van der Waals surface area contributed by atoms with Crippen molar-refractivity contribution >= 4 is 17.7 Å². The van der Waals surface area contributed by atoms with Crippen LogP contribution in [0.1, 0.15) is 30.7 Å². The summed E-state index contributed by atoms with van der Waals surface area (Å²) in [6, 6.07) is 14.2. The van der Waals surface area contributed by atoms with Gasteiger partial charge in [-0.3, -0.25) is 4.79 Å². The molecule has 0 saturated heterocycles. The normalized spacial score (nSPS) is 13.6. The van der Waals surface area contributed by atoms with Crippen LogP contribution in [0.15, 0.2) is 67.0 Å². The van der Waals surface area contributed by atoms with Crippen molar-refractivity contribution in [2.75, 3.05) is 5.32 Å². The number of fused-ring (bicyclic) bond motifs is 1. The van der Waals surface area contributed by atoms with Gasteiger partial charge < -0.3 is 9.88 Å². The Kier molecular flexibility index (Phi) is 5.80. The van der Waals surface area contributed by atoms with Crippen LogP contribution in [0, 0.1) is 5.82 Å². The van der Waals surface area contributed by atoms with Crippen molar-refractivity contribution in [3.63, 3.8) is 0 Å². The SMILES string of the molecule is O=C(/C=C/c1cnn(-c2ccccc2)c1)Nc1ccc(F)c(-c2nnc3n2CCCCC3)c1. The molecule has 1 aliphatic heterocycles. The summed E-state index contributed by atoms with van der Waals surface area (Å²) in [6.07, 6.45) is 10.7.